The molecule has 122 valence electrons. The number of carbonyl (C=O) groups excluding carboxylic acids is 1. The fourth-order valence-corrected chi connectivity index (χ4v) is 2.87. The molecule has 2 aliphatic rings. The second-order valence-electron chi connectivity index (χ2n) is 5.59. The summed E-state index contributed by atoms with van der Waals surface area (Å²) in [6, 6.07) is 5.21. The van der Waals surface area contributed by atoms with Gasteiger partial charge in [-0.05, 0) is 37.1 Å². The van der Waals surface area contributed by atoms with Crippen molar-refractivity contribution in [1.29, 1.82) is 0 Å². The Bertz CT molecular complexity index is 639. The Morgan fingerprint density at radius 1 is 1.35 bits per heavy atom. The molecular weight excluding hydrogens is 316 g/mol. The molecule has 2 N–H and O–H groups in total. The number of aliphatic hydroxyl groups excluding tert-OH is 1. The zero-order chi connectivity index (χ0) is 16.2. The first kappa shape index (κ1) is 15.8. The minimum atomic E-state index is -0.251. The third-order valence-electron chi connectivity index (χ3n) is 3.96. The molecule has 0 aliphatic carbocycles. The summed E-state index contributed by atoms with van der Waals surface area (Å²) >= 11 is 6.09. The molecule has 3 rings (SSSR count). The molecule has 2 aliphatic heterocycles. The van der Waals surface area contributed by atoms with E-state index in [4.69, 9.17) is 11.6 Å². The Morgan fingerprint density at radius 2 is 2.13 bits per heavy atom. The largest absolute Gasteiger partial charge is 0.393 e. The molecule has 1 fully saturated rings. The molecule has 1 saturated heterocycles. The van der Waals surface area contributed by atoms with Gasteiger partial charge in [0.2, 0.25) is 0 Å². The van der Waals surface area contributed by atoms with Crippen LogP contribution >= 0.6 is 11.6 Å². The molecule has 0 unspecified atom stereocenters. The van der Waals surface area contributed by atoms with Crippen molar-refractivity contribution >= 4 is 35.2 Å². The third kappa shape index (κ3) is 3.83. The number of aliphatic hydroxyl groups is 1. The predicted octanol–water partition coefficient (Wildman–Crippen LogP) is 2.69. The van der Waals surface area contributed by atoms with Crippen LogP contribution in [0.4, 0.5) is 16.2 Å². The number of piperidine rings is 1. The van der Waals surface area contributed by atoms with Gasteiger partial charge in [0.15, 0.2) is 0 Å². The molecule has 0 atom stereocenters. The first-order valence-corrected chi connectivity index (χ1v) is 7.98. The van der Waals surface area contributed by atoms with Crippen LogP contribution in [0.3, 0.4) is 0 Å². The quantitative estimate of drug-likeness (QED) is 0.873. The van der Waals surface area contributed by atoms with Gasteiger partial charge in [0.05, 0.1) is 17.5 Å². The van der Waals surface area contributed by atoms with Gasteiger partial charge in [-0.15, -0.1) is 0 Å². The standard InChI is InChI=1S/C16H19ClN4O2/c17-12-2-3-15(20-8-4-13(22)5-9-20)14(10-12)19-16(23)21-7-1-6-18-11-21/h1-3,6-7,10,13,22H,4-5,8-9,11H2,(H,19,23). The first-order chi connectivity index (χ1) is 11.1. The number of allylic oxidation sites excluding steroid dienone is 1. The molecule has 0 bridgehead atoms. The summed E-state index contributed by atoms with van der Waals surface area (Å²) in [5, 5.41) is 13.1. The highest BCUT2D eigenvalue weighted by Gasteiger charge is 2.21. The maximum absolute atomic E-state index is 12.4. The molecule has 0 aromatic heterocycles. The lowest BCUT2D eigenvalue weighted by Crippen LogP contribution is -2.37. The van der Waals surface area contributed by atoms with Crippen molar-refractivity contribution in [2.75, 3.05) is 30.0 Å². The third-order valence-corrected chi connectivity index (χ3v) is 4.19. The van der Waals surface area contributed by atoms with E-state index in [0.717, 1.165) is 31.6 Å². The maximum Gasteiger partial charge on any atom is 0.327 e. The molecule has 7 heteroatoms. The van der Waals surface area contributed by atoms with Gasteiger partial charge in [0.1, 0.15) is 6.67 Å². The summed E-state index contributed by atoms with van der Waals surface area (Å²) in [6.45, 7) is 1.80. The highest BCUT2D eigenvalue weighted by molar-refractivity contribution is 6.31. The van der Waals surface area contributed by atoms with Crippen molar-refractivity contribution in [2.24, 2.45) is 4.99 Å². The fraction of sp³-hybridized carbons (Fsp3) is 0.375. The first-order valence-electron chi connectivity index (χ1n) is 7.60. The van der Waals surface area contributed by atoms with E-state index < -0.39 is 0 Å². The van der Waals surface area contributed by atoms with Crippen molar-refractivity contribution in [2.45, 2.75) is 18.9 Å². The number of anilines is 2. The van der Waals surface area contributed by atoms with Crippen molar-refractivity contribution in [3.8, 4) is 0 Å². The number of nitrogens with one attached hydrogen (secondary N) is 1. The van der Waals surface area contributed by atoms with Gasteiger partial charge in [-0.2, -0.15) is 0 Å². The SMILES string of the molecule is O=C(Nc1cc(Cl)ccc1N1CCC(O)CC1)N1C=CC=NC1. The number of benzene rings is 1. The summed E-state index contributed by atoms with van der Waals surface area (Å²) in [6.07, 6.45) is 6.26. The van der Waals surface area contributed by atoms with E-state index in [9.17, 15) is 9.90 Å². The van der Waals surface area contributed by atoms with Crippen LogP contribution in [0, 0.1) is 0 Å². The van der Waals surface area contributed by atoms with Crippen LogP contribution in [0.15, 0.2) is 35.5 Å². The van der Waals surface area contributed by atoms with Gasteiger partial charge in [-0.3, -0.25) is 9.89 Å². The number of urea groups is 1. The lowest BCUT2D eigenvalue weighted by atomic mass is 10.1. The van der Waals surface area contributed by atoms with Gasteiger partial charge in [-0.25, -0.2) is 4.79 Å². The zero-order valence-electron chi connectivity index (χ0n) is 12.7. The van der Waals surface area contributed by atoms with Crippen LogP contribution in [0.2, 0.25) is 5.02 Å². The minimum absolute atomic E-state index is 0.243. The Hall–Kier alpha value is -2.05. The summed E-state index contributed by atoms with van der Waals surface area (Å²) in [4.78, 5) is 20.0. The number of halogens is 1. The van der Waals surface area contributed by atoms with E-state index in [1.54, 1.807) is 24.6 Å². The topological polar surface area (TPSA) is 68.2 Å². The van der Waals surface area contributed by atoms with Crippen LogP contribution in [-0.2, 0) is 0 Å². The zero-order valence-corrected chi connectivity index (χ0v) is 13.4. The lowest BCUT2D eigenvalue weighted by molar-refractivity contribution is 0.145. The second-order valence-corrected chi connectivity index (χ2v) is 6.03. The van der Waals surface area contributed by atoms with E-state index in [-0.39, 0.29) is 12.1 Å². The van der Waals surface area contributed by atoms with E-state index in [0.29, 0.717) is 17.4 Å². The normalized spacial score (nSPS) is 18.3. The van der Waals surface area contributed by atoms with Gasteiger partial charge in [0, 0.05) is 30.5 Å². The maximum atomic E-state index is 12.4. The highest BCUT2D eigenvalue weighted by Crippen LogP contribution is 2.31. The molecule has 0 spiro atoms. The number of rotatable bonds is 2. The van der Waals surface area contributed by atoms with E-state index in [1.165, 1.54) is 4.90 Å². The van der Waals surface area contributed by atoms with Gasteiger partial charge < -0.3 is 15.3 Å². The number of hydrogen-bond acceptors (Lipinski definition) is 4. The van der Waals surface area contributed by atoms with E-state index >= 15 is 0 Å². The van der Waals surface area contributed by atoms with Crippen molar-refractivity contribution in [3.05, 3.63) is 35.5 Å². The summed E-state index contributed by atoms with van der Waals surface area (Å²) in [5.41, 5.74) is 1.58. The lowest BCUT2D eigenvalue weighted by Gasteiger charge is -2.33. The molecule has 2 heterocycles. The average Bonchev–Trinajstić information content (AvgIpc) is 2.57. The number of carbonyl (C=O) groups is 1. The van der Waals surface area contributed by atoms with Crippen molar-refractivity contribution < 1.29 is 9.90 Å². The Kier molecular flexibility index (Phi) is 4.83. The molecule has 1 aromatic carbocycles. The average molecular weight is 335 g/mol. The van der Waals surface area contributed by atoms with Crippen LogP contribution in [0.5, 0.6) is 0 Å². The van der Waals surface area contributed by atoms with Crippen LogP contribution in [-0.4, -0.2) is 48.1 Å². The number of amides is 2. The Balaban J connectivity index is 1.77. The number of aliphatic imine (C=N–C) groups is 1. The molecule has 1 aromatic rings. The fourth-order valence-electron chi connectivity index (χ4n) is 2.70. The molecule has 23 heavy (non-hydrogen) atoms. The van der Waals surface area contributed by atoms with Crippen LogP contribution in [0.25, 0.3) is 0 Å². The smallest absolute Gasteiger partial charge is 0.327 e. The van der Waals surface area contributed by atoms with Gasteiger partial charge >= 0.3 is 6.03 Å². The predicted molar refractivity (Wildman–Crippen MR) is 92.3 cm³/mol. The summed E-state index contributed by atoms with van der Waals surface area (Å²) in [7, 11) is 0. The molecule has 2 amide bonds. The summed E-state index contributed by atoms with van der Waals surface area (Å²) < 4.78 is 0. The van der Waals surface area contributed by atoms with Crippen molar-refractivity contribution in [3.63, 3.8) is 0 Å². The molecule has 6 nitrogen and oxygen atoms in total. The van der Waals surface area contributed by atoms with Gasteiger partial charge in [-0.1, -0.05) is 11.6 Å². The molecule has 0 radical (unpaired) electrons. The van der Waals surface area contributed by atoms with Gasteiger partial charge in [0.25, 0.3) is 0 Å². The Labute approximate surface area is 140 Å². The highest BCUT2D eigenvalue weighted by atomic mass is 35.5. The summed E-state index contributed by atoms with van der Waals surface area (Å²) in [5.74, 6) is 0. The van der Waals surface area contributed by atoms with Crippen LogP contribution in [0.1, 0.15) is 12.8 Å². The number of nitrogens with zero attached hydrogens (tertiary/aromatic N) is 3. The van der Waals surface area contributed by atoms with Crippen LogP contribution < -0.4 is 10.2 Å². The Morgan fingerprint density at radius 3 is 2.83 bits per heavy atom. The second kappa shape index (κ2) is 7.02. The molecule has 0 saturated carbocycles. The van der Waals surface area contributed by atoms with E-state index in [2.05, 4.69) is 15.2 Å². The monoisotopic (exact) mass is 334 g/mol. The van der Waals surface area contributed by atoms with E-state index in [1.807, 2.05) is 12.1 Å². The van der Waals surface area contributed by atoms with Crippen molar-refractivity contribution in [1.82, 2.24) is 4.90 Å². The molecular formula is C16H19ClN4O2. The number of hydrogen-bond donors (Lipinski definition) is 2. The minimum Gasteiger partial charge on any atom is -0.393 e.